The molecule has 2 heterocycles. The van der Waals surface area contributed by atoms with E-state index in [1.165, 1.54) is 0 Å². The number of imide groups is 1. The zero-order valence-electron chi connectivity index (χ0n) is 9.75. The van der Waals surface area contributed by atoms with Gasteiger partial charge in [0.05, 0.1) is 4.91 Å². The predicted octanol–water partition coefficient (Wildman–Crippen LogP) is 3.27. The summed E-state index contributed by atoms with van der Waals surface area (Å²) in [6.45, 7) is 0. The van der Waals surface area contributed by atoms with Crippen LogP contribution >= 0.6 is 11.8 Å². The fourth-order valence-electron chi connectivity index (χ4n) is 1.74. The van der Waals surface area contributed by atoms with Gasteiger partial charge >= 0.3 is 0 Å². The summed E-state index contributed by atoms with van der Waals surface area (Å²) < 4.78 is 5.63. The third kappa shape index (κ3) is 2.46. The molecule has 0 bridgehead atoms. The van der Waals surface area contributed by atoms with Crippen LogP contribution in [-0.2, 0) is 4.79 Å². The number of thioether (sulfide) groups is 1. The van der Waals surface area contributed by atoms with Crippen molar-refractivity contribution in [2.24, 2.45) is 0 Å². The van der Waals surface area contributed by atoms with E-state index in [0.29, 0.717) is 10.7 Å². The second-order valence-electron chi connectivity index (χ2n) is 3.92. The summed E-state index contributed by atoms with van der Waals surface area (Å²) in [5.74, 6) is 0.890. The van der Waals surface area contributed by atoms with Crippen LogP contribution in [0.3, 0.4) is 0 Å². The van der Waals surface area contributed by atoms with Crippen molar-refractivity contribution in [2.45, 2.75) is 0 Å². The third-order valence-electron chi connectivity index (χ3n) is 2.60. The molecule has 2 aromatic rings. The monoisotopic (exact) mass is 271 g/mol. The lowest BCUT2D eigenvalue weighted by atomic mass is 10.2. The van der Waals surface area contributed by atoms with Crippen LogP contribution in [0.1, 0.15) is 5.76 Å². The summed E-state index contributed by atoms with van der Waals surface area (Å²) in [7, 11) is 0. The molecule has 2 amide bonds. The van der Waals surface area contributed by atoms with Crippen molar-refractivity contribution in [1.82, 2.24) is 5.32 Å². The Bertz CT molecular complexity index is 673. The van der Waals surface area contributed by atoms with Crippen LogP contribution in [0, 0.1) is 0 Å². The average Bonchev–Trinajstić information content (AvgIpc) is 2.99. The Hall–Kier alpha value is -2.27. The first kappa shape index (κ1) is 11.8. The lowest BCUT2D eigenvalue weighted by Crippen LogP contribution is -2.17. The van der Waals surface area contributed by atoms with Gasteiger partial charge in [-0.25, -0.2) is 0 Å². The molecular formula is C14H9NO3S. The molecule has 1 fully saturated rings. The Morgan fingerprint density at radius 1 is 1.05 bits per heavy atom. The number of furan rings is 1. The predicted molar refractivity (Wildman–Crippen MR) is 73.3 cm³/mol. The fourth-order valence-corrected chi connectivity index (χ4v) is 2.40. The number of hydrogen-bond donors (Lipinski definition) is 1. The van der Waals surface area contributed by atoms with Crippen LogP contribution < -0.4 is 5.32 Å². The van der Waals surface area contributed by atoms with E-state index in [1.54, 1.807) is 12.1 Å². The van der Waals surface area contributed by atoms with Gasteiger partial charge in [0.25, 0.3) is 11.1 Å². The van der Waals surface area contributed by atoms with Crippen LogP contribution in [0.4, 0.5) is 4.79 Å². The van der Waals surface area contributed by atoms with Gasteiger partial charge in [-0.05, 0) is 23.9 Å². The maximum atomic E-state index is 11.4. The molecule has 0 atom stereocenters. The maximum Gasteiger partial charge on any atom is 0.290 e. The van der Waals surface area contributed by atoms with E-state index in [-0.39, 0.29) is 11.1 Å². The number of amides is 2. The van der Waals surface area contributed by atoms with Gasteiger partial charge in [0.1, 0.15) is 11.5 Å². The molecule has 19 heavy (non-hydrogen) atoms. The van der Waals surface area contributed by atoms with Crippen molar-refractivity contribution in [3.05, 3.63) is 53.1 Å². The summed E-state index contributed by atoms with van der Waals surface area (Å²) in [5, 5.41) is 1.85. The van der Waals surface area contributed by atoms with Crippen molar-refractivity contribution in [3.63, 3.8) is 0 Å². The Morgan fingerprint density at radius 3 is 2.53 bits per heavy atom. The molecule has 1 N–H and O–H groups in total. The molecule has 1 aliphatic heterocycles. The third-order valence-corrected chi connectivity index (χ3v) is 3.41. The quantitative estimate of drug-likeness (QED) is 0.852. The topological polar surface area (TPSA) is 59.3 Å². The van der Waals surface area contributed by atoms with Gasteiger partial charge < -0.3 is 4.42 Å². The largest absolute Gasteiger partial charge is 0.457 e. The van der Waals surface area contributed by atoms with Gasteiger partial charge in [0, 0.05) is 11.6 Å². The number of carbonyl (C=O) groups is 2. The summed E-state index contributed by atoms with van der Waals surface area (Å²) in [5.41, 5.74) is 0.965. The first-order valence-corrected chi connectivity index (χ1v) is 6.44. The van der Waals surface area contributed by atoms with Gasteiger partial charge in [0.15, 0.2) is 0 Å². The second-order valence-corrected chi connectivity index (χ2v) is 4.94. The van der Waals surface area contributed by atoms with Crippen LogP contribution in [0.2, 0.25) is 0 Å². The molecule has 1 aliphatic rings. The van der Waals surface area contributed by atoms with Crippen LogP contribution in [0.5, 0.6) is 0 Å². The van der Waals surface area contributed by atoms with Crippen LogP contribution in [0.15, 0.2) is 51.8 Å². The number of rotatable bonds is 2. The smallest absolute Gasteiger partial charge is 0.290 e. The van der Waals surface area contributed by atoms with Crippen molar-refractivity contribution in [3.8, 4) is 11.3 Å². The molecule has 0 saturated carbocycles. The molecule has 1 aromatic carbocycles. The zero-order chi connectivity index (χ0) is 13.2. The van der Waals surface area contributed by atoms with Gasteiger partial charge in [-0.1, -0.05) is 30.3 Å². The normalized spacial score (nSPS) is 16.9. The highest BCUT2D eigenvalue weighted by atomic mass is 32.2. The minimum atomic E-state index is -0.382. The molecule has 4 nitrogen and oxygen atoms in total. The number of hydrogen-bond acceptors (Lipinski definition) is 4. The summed E-state index contributed by atoms with van der Waals surface area (Å²) in [4.78, 5) is 22.8. The minimum absolute atomic E-state index is 0.346. The van der Waals surface area contributed by atoms with E-state index in [9.17, 15) is 9.59 Å². The summed E-state index contributed by atoms with van der Waals surface area (Å²) >= 11 is 0.875. The highest BCUT2D eigenvalue weighted by Gasteiger charge is 2.25. The molecule has 5 heteroatoms. The van der Waals surface area contributed by atoms with E-state index in [0.717, 1.165) is 23.1 Å². The molecule has 0 radical (unpaired) electrons. The SMILES string of the molecule is O=C1NC(=O)C(=Cc2ccc(-c3ccccc3)o2)S1. The number of nitrogens with one attached hydrogen (secondary N) is 1. The van der Waals surface area contributed by atoms with Crippen molar-refractivity contribution in [1.29, 1.82) is 0 Å². The van der Waals surface area contributed by atoms with Crippen molar-refractivity contribution in [2.75, 3.05) is 0 Å². The van der Waals surface area contributed by atoms with E-state index in [4.69, 9.17) is 4.42 Å². The first-order valence-electron chi connectivity index (χ1n) is 5.62. The maximum absolute atomic E-state index is 11.4. The van der Waals surface area contributed by atoms with Crippen molar-refractivity contribution >= 4 is 29.0 Å². The van der Waals surface area contributed by atoms with E-state index in [2.05, 4.69) is 5.32 Å². The molecule has 0 spiro atoms. The molecule has 1 saturated heterocycles. The molecule has 0 aliphatic carbocycles. The zero-order valence-corrected chi connectivity index (χ0v) is 10.6. The Kier molecular flexibility index (Phi) is 2.97. The van der Waals surface area contributed by atoms with Gasteiger partial charge in [0.2, 0.25) is 0 Å². The fraction of sp³-hybridized carbons (Fsp3) is 0. The highest BCUT2D eigenvalue weighted by molar-refractivity contribution is 8.18. The van der Waals surface area contributed by atoms with Crippen LogP contribution in [-0.4, -0.2) is 11.1 Å². The first-order chi connectivity index (χ1) is 9.22. The Morgan fingerprint density at radius 2 is 1.84 bits per heavy atom. The van der Waals surface area contributed by atoms with E-state index in [1.807, 2.05) is 36.4 Å². The van der Waals surface area contributed by atoms with Crippen LogP contribution in [0.25, 0.3) is 17.4 Å². The van der Waals surface area contributed by atoms with Gasteiger partial charge in [-0.3, -0.25) is 14.9 Å². The molecule has 3 rings (SSSR count). The average molecular weight is 271 g/mol. The standard InChI is InChI=1S/C14H9NO3S/c16-13-12(19-14(17)15-13)8-10-6-7-11(18-10)9-4-2-1-3-5-9/h1-8H,(H,15,16,17). The highest BCUT2D eigenvalue weighted by Crippen LogP contribution is 2.28. The summed E-state index contributed by atoms with van der Waals surface area (Å²) in [6.07, 6.45) is 1.57. The molecular weight excluding hydrogens is 262 g/mol. The van der Waals surface area contributed by atoms with E-state index >= 15 is 0 Å². The molecule has 0 unspecified atom stereocenters. The van der Waals surface area contributed by atoms with E-state index < -0.39 is 0 Å². The van der Waals surface area contributed by atoms with Gasteiger partial charge in [-0.15, -0.1) is 0 Å². The molecule has 94 valence electrons. The Balaban J connectivity index is 1.89. The van der Waals surface area contributed by atoms with Crippen molar-refractivity contribution < 1.29 is 14.0 Å². The lowest BCUT2D eigenvalue weighted by molar-refractivity contribution is -0.115. The summed E-state index contributed by atoms with van der Waals surface area (Å²) in [6, 6.07) is 13.3. The second kappa shape index (κ2) is 4.78. The number of benzene rings is 1. The Labute approximate surface area is 113 Å². The minimum Gasteiger partial charge on any atom is -0.457 e. The van der Waals surface area contributed by atoms with Gasteiger partial charge in [-0.2, -0.15) is 0 Å². The number of carbonyl (C=O) groups excluding carboxylic acids is 2. The molecule has 1 aromatic heterocycles. The lowest BCUT2D eigenvalue weighted by Gasteiger charge is -1.95.